The van der Waals surface area contributed by atoms with Gasteiger partial charge in [0.25, 0.3) is 0 Å². The molecule has 0 amide bonds. The van der Waals surface area contributed by atoms with E-state index in [4.69, 9.17) is 9.15 Å². The summed E-state index contributed by atoms with van der Waals surface area (Å²) in [6.07, 6.45) is 2.98. The molecule has 132 valence electrons. The molecule has 25 heavy (non-hydrogen) atoms. The number of ether oxygens (including phenoxy) is 1. The fourth-order valence-corrected chi connectivity index (χ4v) is 4.56. The fourth-order valence-electron chi connectivity index (χ4n) is 2.35. The Balaban J connectivity index is 1.96. The van der Waals surface area contributed by atoms with Crippen LogP contribution >= 0.6 is 11.3 Å². The fraction of sp³-hybridized carbons (Fsp3) is 0.176. The highest BCUT2D eigenvalue weighted by Gasteiger charge is 2.26. The van der Waals surface area contributed by atoms with E-state index in [2.05, 4.69) is 0 Å². The van der Waals surface area contributed by atoms with Crippen LogP contribution in [-0.2, 0) is 23.1 Å². The van der Waals surface area contributed by atoms with Gasteiger partial charge < -0.3 is 9.15 Å². The van der Waals surface area contributed by atoms with E-state index in [1.54, 1.807) is 6.07 Å². The Morgan fingerprint density at radius 1 is 1.24 bits per heavy atom. The van der Waals surface area contributed by atoms with Gasteiger partial charge in [0.15, 0.2) is 11.6 Å². The second-order valence-electron chi connectivity index (χ2n) is 5.28. The summed E-state index contributed by atoms with van der Waals surface area (Å²) in [5.74, 6) is -0.721. The van der Waals surface area contributed by atoms with Crippen LogP contribution in [0.4, 0.5) is 4.39 Å². The van der Waals surface area contributed by atoms with Crippen molar-refractivity contribution < 1.29 is 22.0 Å². The molecule has 0 aliphatic carbocycles. The van der Waals surface area contributed by atoms with E-state index in [1.165, 1.54) is 47.4 Å². The smallest absolute Gasteiger partial charge is 0.243 e. The van der Waals surface area contributed by atoms with Gasteiger partial charge in [-0.05, 0) is 35.7 Å². The molecule has 0 atom stereocenters. The highest BCUT2D eigenvalue weighted by molar-refractivity contribution is 7.89. The lowest BCUT2D eigenvalue weighted by molar-refractivity contribution is 0.383. The zero-order chi connectivity index (χ0) is 17.9. The summed E-state index contributed by atoms with van der Waals surface area (Å²) in [6.45, 7) is 0.323. The minimum Gasteiger partial charge on any atom is -0.494 e. The molecule has 0 radical (unpaired) electrons. The number of nitrogens with zero attached hydrogens (tertiary/aromatic N) is 1. The lowest BCUT2D eigenvalue weighted by Crippen LogP contribution is -2.30. The quantitative estimate of drug-likeness (QED) is 0.623. The summed E-state index contributed by atoms with van der Waals surface area (Å²) >= 11 is 1.46. The van der Waals surface area contributed by atoms with Gasteiger partial charge in [-0.3, -0.25) is 0 Å². The Morgan fingerprint density at radius 3 is 2.68 bits per heavy atom. The predicted molar refractivity (Wildman–Crippen MR) is 92.4 cm³/mol. The van der Waals surface area contributed by atoms with Crippen LogP contribution in [0, 0.1) is 5.82 Å². The molecule has 2 aromatic heterocycles. The monoisotopic (exact) mass is 381 g/mol. The second kappa shape index (κ2) is 7.38. The molecule has 0 saturated carbocycles. The first-order valence-electron chi connectivity index (χ1n) is 7.38. The molecule has 3 aromatic rings. The van der Waals surface area contributed by atoms with E-state index >= 15 is 0 Å². The Morgan fingerprint density at radius 2 is 2.08 bits per heavy atom. The van der Waals surface area contributed by atoms with Crippen LogP contribution in [0.5, 0.6) is 5.75 Å². The lowest BCUT2D eigenvalue weighted by Gasteiger charge is -2.21. The Labute approximate surface area is 149 Å². The van der Waals surface area contributed by atoms with Crippen molar-refractivity contribution in [3.8, 4) is 5.75 Å². The van der Waals surface area contributed by atoms with Gasteiger partial charge in [-0.1, -0.05) is 6.07 Å². The molecule has 0 saturated heterocycles. The number of hydrogen-bond acceptors (Lipinski definition) is 5. The molecule has 0 unspecified atom stereocenters. The molecule has 0 aliphatic heterocycles. The van der Waals surface area contributed by atoms with Crippen LogP contribution in [0.3, 0.4) is 0 Å². The Hall–Kier alpha value is -2.16. The molecule has 0 bridgehead atoms. The topological polar surface area (TPSA) is 59.8 Å². The third-order valence-corrected chi connectivity index (χ3v) is 6.26. The van der Waals surface area contributed by atoms with E-state index in [-0.39, 0.29) is 23.7 Å². The SMILES string of the molecule is COc1ccc(S(=O)(=O)N(Cc2ccoc2)Cc2cccs2)cc1F. The molecule has 1 aromatic carbocycles. The first-order valence-corrected chi connectivity index (χ1v) is 9.70. The molecule has 0 spiro atoms. The summed E-state index contributed by atoms with van der Waals surface area (Å²) in [5, 5.41) is 1.88. The molecule has 3 rings (SSSR count). The van der Waals surface area contributed by atoms with Gasteiger partial charge in [0.05, 0.1) is 24.5 Å². The average molecular weight is 381 g/mol. The van der Waals surface area contributed by atoms with E-state index < -0.39 is 15.8 Å². The van der Waals surface area contributed by atoms with Crippen LogP contribution in [0.25, 0.3) is 0 Å². The number of rotatable bonds is 7. The van der Waals surface area contributed by atoms with Gasteiger partial charge in [0, 0.05) is 23.5 Å². The zero-order valence-corrected chi connectivity index (χ0v) is 15.0. The molecular weight excluding hydrogens is 365 g/mol. The highest BCUT2D eigenvalue weighted by Crippen LogP contribution is 2.26. The van der Waals surface area contributed by atoms with Crippen LogP contribution in [0.2, 0.25) is 0 Å². The highest BCUT2D eigenvalue weighted by atomic mass is 32.2. The Kier molecular flexibility index (Phi) is 5.22. The number of hydrogen-bond donors (Lipinski definition) is 0. The summed E-state index contributed by atoms with van der Waals surface area (Å²) in [5.41, 5.74) is 0.717. The van der Waals surface area contributed by atoms with Crippen molar-refractivity contribution in [2.75, 3.05) is 7.11 Å². The zero-order valence-electron chi connectivity index (χ0n) is 13.4. The maximum atomic E-state index is 14.0. The number of halogens is 1. The number of methoxy groups -OCH3 is 1. The van der Waals surface area contributed by atoms with E-state index in [0.29, 0.717) is 5.56 Å². The second-order valence-corrected chi connectivity index (χ2v) is 8.25. The molecule has 0 N–H and O–H groups in total. The van der Waals surface area contributed by atoms with Crippen LogP contribution in [0.15, 0.2) is 63.6 Å². The van der Waals surface area contributed by atoms with Crippen molar-refractivity contribution >= 4 is 21.4 Å². The van der Waals surface area contributed by atoms with Crippen LogP contribution in [0.1, 0.15) is 10.4 Å². The van der Waals surface area contributed by atoms with E-state index in [9.17, 15) is 12.8 Å². The average Bonchev–Trinajstić information content (AvgIpc) is 3.28. The van der Waals surface area contributed by atoms with Crippen molar-refractivity contribution in [1.82, 2.24) is 4.31 Å². The molecule has 2 heterocycles. The van der Waals surface area contributed by atoms with Gasteiger partial charge >= 0.3 is 0 Å². The first kappa shape index (κ1) is 17.7. The molecule has 0 fully saturated rings. The maximum absolute atomic E-state index is 14.0. The van der Waals surface area contributed by atoms with Crippen LogP contribution in [-0.4, -0.2) is 19.8 Å². The van der Waals surface area contributed by atoms with E-state index in [1.807, 2.05) is 17.5 Å². The summed E-state index contributed by atoms with van der Waals surface area (Å²) < 4.78 is 51.2. The first-order chi connectivity index (χ1) is 12.0. The molecule has 8 heteroatoms. The van der Waals surface area contributed by atoms with Crippen molar-refractivity contribution in [2.45, 2.75) is 18.0 Å². The number of sulfonamides is 1. The Bertz CT molecular complexity index is 885. The third-order valence-electron chi connectivity index (χ3n) is 3.61. The summed E-state index contributed by atoms with van der Waals surface area (Å²) in [7, 11) is -2.57. The molecular formula is C17H16FNO4S2. The minimum atomic E-state index is -3.90. The number of thiophene rings is 1. The van der Waals surface area contributed by atoms with Gasteiger partial charge in [-0.15, -0.1) is 11.3 Å². The van der Waals surface area contributed by atoms with Crippen molar-refractivity contribution in [2.24, 2.45) is 0 Å². The van der Waals surface area contributed by atoms with Crippen LogP contribution < -0.4 is 4.74 Å². The largest absolute Gasteiger partial charge is 0.494 e. The normalized spacial score (nSPS) is 11.8. The van der Waals surface area contributed by atoms with Crippen molar-refractivity contribution in [3.63, 3.8) is 0 Å². The number of benzene rings is 1. The van der Waals surface area contributed by atoms with E-state index in [0.717, 1.165) is 10.9 Å². The molecule has 5 nitrogen and oxygen atoms in total. The van der Waals surface area contributed by atoms with Gasteiger partial charge in [0.2, 0.25) is 10.0 Å². The maximum Gasteiger partial charge on any atom is 0.243 e. The van der Waals surface area contributed by atoms with Crippen molar-refractivity contribution in [3.05, 3.63) is 70.6 Å². The summed E-state index contributed by atoms with van der Waals surface area (Å²) in [4.78, 5) is 0.770. The summed E-state index contributed by atoms with van der Waals surface area (Å²) in [6, 6.07) is 9.04. The third kappa shape index (κ3) is 3.92. The standard InChI is InChI=1S/C17H16FNO4S2/c1-22-17-5-4-15(9-16(17)18)25(20,21)19(10-13-6-7-23-12-13)11-14-3-2-8-24-14/h2-9,12H,10-11H2,1H3. The van der Waals surface area contributed by atoms with Gasteiger partial charge in [-0.25, -0.2) is 12.8 Å². The molecule has 0 aliphatic rings. The predicted octanol–water partition coefficient (Wildman–Crippen LogP) is 3.88. The van der Waals surface area contributed by atoms with Gasteiger partial charge in [0.1, 0.15) is 0 Å². The lowest BCUT2D eigenvalue weighted by atomic mass is 10.3. The number of furan rings is 1. The minimum absolute atomic E-state index is 0.00130. The van der Waals surface area contributed by atoms with Gasteiger partial charge in [-0.2, -0.15) is 4.31 Å². The van der Waals surface area contributed by atoms with Crippen molar-refractivity contribution in [1.29, 1.82) is 0 Å².